The van der Waals surface area contributed by atoms with Crippen molar-refractivity contribution in [2.45, 2.75) is 47.0 Å². The van der Waals surface area contributed by atoms with Crippen LogP contribution >= 0.6 is 0 Å². The molecule has 0 saturated heterocycles. The molecule has 31 heavy (non-hydrogen) atoms. The molecule has 0 aliphatic carbocycles. The molecule has 0 aliphatic rings. The van der Waals surface area contributed by atoms with E-state index in [2.05, 4.69) is 21.1 Å². The van der Waals surface area contributed by atoms with E-state index in [1.807, 2.05) is 88.4 Å². The van der Waals surface area contributed by atoms with E-state index in [1.54, 1.807) is 0 Å². The Balaban J connectivity index is 1.83. The van der Waals surface area contributed by atoms with Gasteiger partial charge in [-0.25, -0.2) is 10.9 Å². The van der Waals surface area contributed by atoms with Gasteiger partial charge in [0.25, 0.3) is 0 Å². The van der Waals surface area contributed by atoms with Crippen LogP contribution in [0.1, 0.15) is 58.1 Å². The van der Waals surface area contributed by atoms with Crippen LogP contribution in [-0.2, 0) is 9.59 Å². The maximum Gasteiger partial charge on any atom is 0.240 e. The smallest absolute Gasteiger partial charge is 0.240 e. The summed E-state index contributed by atoms with van der Waals surface area (Å²) in [6.07, 6.45) is 0.862. The van der Waals surface area contributed by atoms with Crippen molar-refractivity contribution in [1.29, 1.82) is 0 Å². The van der Waals surface area contributed by atoms with Gasteiger partial charge in [-0.05, 0) is 29.4 Å². The summed E-state index contributed by atoms with van der Waals surface area (Å²) in [6.45, 7) is 8.13. The molecule has 2 rings (SSSR count). The van der Waals surface area contributed by atoms with E-state index in [-0.39, 0.29) is 36.5 Å². The first-order chi connectivity index (χ1) is 14.9. The molecular weight excluding hydrogens is 388 g/mol. The standard InChI is InChI=1S/C25H32N4O2/c1-18(2)24(20-12-7-5-8-13-20)28-26-22(30)16-11-17-23(31)27-29-25(19(3)4)21-14-9-6-10-15-21/h5-10,12-15,18-19H,11,16-17H2,1-4H3,(H,26,30)(H,27,31). The molecule has 2 N–H and O–H groups in total. The Hall–Kier alpha value is -3.28. The van der Waals surface area contributed by atoms with E-state index in [0.717, 1.165) is 22.6 Å². The summed E-state index contributed by atoms with van der Waals surface area (Å²) in [5, 5.41) is 8.60. The van der Waals surface area contributed by atoms with Gasteiger partial charge < -0.3 is 0 Å². The summed E-state index contributed by atoms with van der Waals surface area (Å²) in [7, 11) is 0. The van der Waals surface area contributed by atoms with Crippen LogP contribution in [-0.4, -0.2) is 23.2 Å². The minimum Gasteiger partial charge on any atom is -0.273 e. The molecule has 6 nitrogen and oxygen atoms in total. The van der Waals surface area contributed by atoms with Crippen LogP contribution in [0.15, 0.2) is 70.9 Å². The van der Waals surface area contributed by atoms with Crippen LogP contribution in [0, 0.1) is 11.8 Å². The maximum absolute atomic E-state index is 12.1. The SMILES string of the molecule is CC(C)C(=NNC(=O)CCCC(=O)NN=C(c1ccccc1)C(C)C)c1ccccc1. The van der Waals surface area contributed by atoms with Crippen molar-refractivity contribution in [1.82, 2.24) is 10.9 Å². The summed E-state index contributed by atoms with van der Waals surface area (Å²) in [5.74, 6) is -0.0766. The molecule has 0 atom stereocenters. The zero-order valence-electron chi connectivity index (χ0n) is 18.8. The molecule has 6 heteroatoms. The quantitative estimate of drug-likeness (QED) is 0.438. The molecule has 2 aromatic carbocycles. The third-order valence-electron chi connectivity index (χ3n) is 4.64. The van der Waals surface area contributed by atoms with Crippen molar-refractivity contribution in [3.05, 3.63) is 71.8 Å². The van der Waals surface area contributed by atoms with Gasteiger partial charge in [0.2, 0.25) is 11.8 Å². The van der Waals surface area contributed by atoms with Gasteiger partial charge in [0, 0.05) is 12.8 Å². The largest absolute Gasteiger partial charge is 0.273 e. The van der Waals surface area contributed by atoms with Gasteiger partial charge in [-0.3, -0.25) is 9.59 Å². The van der Waals surface area contributed by atoms with E-state index in [1.165, 1.54) is 0 Å². The zero-order valence-corrected chi connectivity index (χ0v) is 18.8. The van der Waals surface area contributed by atoms with Crippen molar-refractivity contribution >= 4 is 23.2 Å². The van der Waals surface area contributed by atoms with Crippen molar-refractivity contribution in [2.24, 2.45) is 22.0 Å². The highest BCUT2D eigenvalue weighted by molar-refractivity contribution is 6.03. The van der Waals surface area contributed by atoms with Crippen LogP contribution in [0.25, 0.3) is 0 Å². The molecule has 0 heterocycles. The summed E-state index contributed by atoms with van der Waals surface area (Å²) < 4.78 is 0. The Morgan fingerprint density at radius 3 is 1.35 bits per heavy atom. The minimum atomic E-state index is -0.211. The first-order valence-electron chi connectivity index (χ1n) is 10.7. The van der Waals surface area contributed by atoms with Gasteiger partial charge in [-0.1, -0.05) is 88.4 Å². The number of benzene rings is 2. The molecule has 0 aromatic heterocycles. The van der Waals surface area contributed by atoms with E-state index in [4.69, 9.17) is 0 Å². The highest BCUT2D eigenvalue weighted by atomic mass is 16.2. The Kier molecular flexibility index (Phi) is 9.62. The van der Waals surface area contributed by atoms with Gasteiger partial charge in [-0.2, -0.15) is 10.2 Å². The lowest BCUT2D eigenvalue weighted by Gasteiger charge is -2.11. The summed E-state index contributed by atoms with van der Waals surface area (Å²) >= 11 is 0. The topological polar surface area (TPSA) is 82.9 Å². The fourth-order valence-electron chi connectivity index (χ4n) is 3.04. The summed E-state index contributed by atoms with van der Waals surface area (Å²) in [6, 6.07) is 19.5. The highest BCUT2D eigenvalue weighted by Crippen LogP contribution is 2.10. The van der Waals surface area contributed by atoms with E-state index in [9.17, 15) is 9.59 Å². The monoisotopic (exact) mass is 420 g/mol. The van der Waals surface area contributed by atoms with Crippen molar-refractivity contribution in [3.8, 4) is 0 Å². The number of carbonyl (C=O) groups is 2. The second-order valence-electron chi connectivity index (χ2n) is 7.96. The lowest BCUT2D eigenvalue weighted by Crippen LogP contribution is -2.24. The number of nitrogens with zero attached hydrogens (tertiary/aromatic N) is 2. The van der Waals surface area contributed by atoms with Gasteiger partial charge in [0.15, 0.2) is 0 Å². The average molecular weight is 421 g/mol. The summed E-state index contributed by atoms with van der Waals surface area (Å²) in [5.41, 5.74) is 8.83. The zero-order chi connectivity index (χ0) is 22.6. The molecule has 0 bridgehead atoms. The summed E-state index contributed by atoms with van der Waals surface area (Å²) in [4.78, 5) is 24.3. The predicted molar refractivity (Wildman–Crippen MR) is 126 cm³/mol. The maximum atomic E-state index is 12.1. The molecule has 0 aliphatic heterocycles. The average Bonchev–Trinajstić information content (AvgIpc) is 2.75. The number of hydrogen-bond donors (Lipinski definition) is 2. The van der Waals surface area contributed by atoms with Crippen LogP contribution < -0.4 is 10.9 Å². The number of amides is 2. The number of hydrazone groups is 2. The molecule has 0 fully saturated rings. The van der Waals surface area contributed by atoms with Gasteiger partial charge in [0.1, 0.15) is 0 Å². The minimum absolute atomic E-state index is 0.172. The first-order valence-corrected chi connectivity index (χ1v) is 10.7. The first kappa shape index (κ1) is 24.0. The fourth-order valence-corrected chi connectivity index (χ4v) is 3.04. The highest BCUT2D eigenvalue weighted by Gasteiger charge is 2.11. The van der Waals surface area contributed by atoms with E-state index >= 15 is 0 Å². The number of rotatable bonds is 10. The molecular formula is C25H32N4O2. The van der Waals surface area contributed by atoms with Crippen LogP contribution in [0.3, 0.4) is 0 Å². The van der Waals surface area contributed by atoms with Crippen molar-refractivity contribution < 1.29 is 9.59 Å². The van der Waals surface area contributed by atoms with Gasteiger partial charge in [0.05, 0.1) is 11.4 Å². The lowest BCUT2D eigenvalue weighted by molar-refractivity contribution is -0.122. The molecule has 0 saturated carbocycles. The third-order valence-corrected chi connectivity index (χ3v) is 4.64. The Morgan fingerprint density at radius 1 is 0.677 bits per heavy atom. The Bertz CT molecular complexity index is 828. The normalized spacial score (nSPS) is 12.2. The van der Waals surface area contributed by atoms with Crippen molar-refractivity contribution in [3.63, 3.8) is 0 Å². The molecule has 0 unspecified atom stereocenters. The lowest BCUT2D eigenvalue weighted by atomic mass is 10.0. The number of hydrogen-bond acceptors (Lipinski definition) is 4. The van der Waals surface area contributed by atoms with Crippen LogP contribution in [0.5, 0.6) is 0 Å². The van der Waals surface area contributed by atoms with E-state index in [0.29, 0.717) is 6.42 Å². The Labute approximate surface area is 184 Å². The van der Waals surface area contributed by atoms with Crippen LogP contribution in [0.2, 0.25) is 0 Å². The molecule has 164 valence electrons. The second kappa shape index (κ2) is 12.4. The van der Waals surface area contributed by atoms with Gasteiger partial charge >= 0.3 is 0 Å². The number of nitrogens with one attached hydrogen (secondary N) is 2. The van der Waals surface area contributed by atoms with E-state index < -0.39 is 0 Å². The van der Waals surface area contributed by atoms with Crippen molar-refractivity contribution in [2.75, 3.05) is 0 Å². The molecule has 2 aromatic rings. The fraction of sp³-hybridized carbons (Fsp3) is 0.360. The molecule has 0 spiro atoms. The predicted octanol–water partition coefficient (Wildman–Crippen LogP) is 4.51. The Morgan fingerprint density at radius 2 is 1.03 bits per heavy atom. The van der Waals surface area contributed by atoms with Gasteiger partial charge in [-0.15, -0.1) is 0 Å². The molecule has 2 amide bonds. The van der Waals surface area contributed by atoms with Crippen LogP contribution in [0.4, 0.5) is 0 Å². The molecule has 0 radical (unpaired) electrons. The second-order valence-corrected chi connectivity index (χ2v) is 7.96. The number of carbonyl (C=O) groups excluding carboxylic acids is 2. The third kappa shape index (κ3) is 8.16.